The summed E-state index contributed by atoms with van der Waals surface area (Å²) in [4.78, 5) is 0. The minimum absolute atomic E-state index is 0.103. The van der Waals surface area contributed by atoms with E-state index in [-0.39, 0.29) is 5.75 Å². The summed E-state index contributed by atoms with van der Waals surface area (Å²) in [6.45, 7) is 5.93. The first-order valence-corrected chi connectivity index (χ1v) is 7.13. The summed E-state index contributed by atoms with van der Waals surface area (Å²) in [6.07, 6.45) is 2.45. The van der Waals surface area contributed by atoms with Gasteiger partial charge in [-0.2, -0.15) is 0 Å². The summed E-state index contributed by atoms with van der Waals surface area (Å²) in [5, 5.41) is 16.5. The first-order valence-electron chi connectivity index (χ1n) is 7.13. The number of aryl methyl sites for hydroxylation is 2. The molecule has 2 aromatic carbocycles. The van der Waals surface area contributed by atoms with Crippen LogP contribution in [-0.4, -0.2) is 10.8 Å². The molecule has 0 aliphatic carbocycles. The van der Waals surface area contributed by atoms with Crippen LogP contribution in [0.25, 0.3) is 0 Å². The molecule has 0 aliphatic rings. The van der Waals surface area contributed by atoms with Crippen molar-refractivity contribution in [3.05, 3.63) is 59.2 Å². The van der Waals surface area contributed by atoms with Crippen LogP contribution in [0.5, 0.6) is 5.75 Å². The number of nitrogens with two attached hydrogens (primary N) is 1. The van der Waals surface area contributed by atoms with E-state index in [2.05, 4.69) is 38.1 Å². The normalized spacial score (nSPS) is 9.67. The van der Waals surface area contributed by atoms with Gasteiger partial charge in [0.2, 0.25) is 0 Å². The van der Waals surface area contributed by atoms with Crippen molar-refractivity contribution in [3.8, 4) is 5.75 Å². The standard InChI is InChI=1S/C10H14.C8H10N2O/c1-3-4-10-7-5-9(2)6-8-10;1-5(9)7-4-6(10)2-3-8(7)11/h5-8H,3-4H2,1-2H3;2-4,9,11H,10H2,1H3. The number of nitrogens with one attached hydrogen (secondary N) is 1. The van der Waals surface area contributed by atoms with Crippen LogP contribution in [0.3, 0.4) is 0 Å². The van der Waals surface area contributed by atoms with Gasteiger partial charge in [-0.3, -0.25) is 0 Å². The first kappa shape index (κ1) is 16.8. The van der Waals surface area contributed by atoms with Gasteiger partial charge in [0.25, 0.3) is 0 Å². The highest BCUT2D eigenvalue weighted by Crippen LogP contribution is 2.19. The number of anilines is 1. The summed E-state index contributed by atoms with van der Waals surface area (Å²) in [6, 6.07) is 13.4. The molecule has 4 N–H and O–H groups in total. The lowest BCUT2D eigenvalue weighted by molar-refractivity contribution is 0.474. The maximum Gasteiger partial charge on any atom is 0.124 e. The molecule has 0 heterocycles. The van der Waals surface area contributed by atoms with E-state index in [0.717, 1.165) is 0 Å². The third-order valence-corrected chi connectivity index (χ3v) is 3.08. The highest BCUT2D eigenvalue weighted by molar-refractivity contribution is 5.99. The Morgan fingerprint density at radius 3 is 2.24 bits per heavy atom. The maximum atomic E-state index is 9.21. The van der Waals surface area contributed by atoms with Gasteiger partial charge in [0, 0.05) is 17.0 Å². The molecule has 0 saturated heterocycles. The number of phenols is 1. The summed E-state index contributed by atoms with van der Waals surface area (Å²) >= 11 is 0. The maximum absolute atomic E-state index is 9.21. The van der Waals surface area contributed by atoms with E-state index in [9.17, 15) is 5.11 Å². The second kappa shape index (κ2) is 8.10. The average Bonchev–Trinajstić information content (AvgIpc) is 2.45. The second-order valence-corrected chi connectivity index (χ2v) is 5.14. The van der Waals surface area contributed by atoms with Gasteiger partial charge in [-0.05, 0) is 44.0 Å². The van der Waals surface area contributed by atoms with Gasteiger partial charge in [0.1, 0.15) is 5.75 Å². The van der Waals surface area contributed by atoms with Crippen molar-refractivity contribution in [1.82, 2.24) is 0 Å². The highest BCUT2D eigenvalue weighted by Gasteiger charge is 2.02. The molecule has 2 aromatic rings. The molecule has 0 aliphatic heterocycles. The lowest BCUT2D eigenvalue weighted by Crippen LogP contribution is -1.94. The van der Waals surface area contributed by atoms with E-state index in [1.165, 1.54) is 30.0 Å². The molecule has 112 valence electrons. The zero-order valence-electron chi connectivity index (χ0n) is 13.0. The van der Waals surface area contributed by atoms with Gasteiger partial charge >= 0.3 is 0 Å². The lowest BCUT2D eigenvalue weighted by atomic mass is 10.1. The first-order chi connectivity index (χ1) is 9.93. The molecule has 0 bridgehead atoms. The number of hydrogen-bond donors (Lipinski definition) is 3. The third-order valence-electron chi connectivity index (χ3n) is 3.08. The Kier molecular flexibility index (Phi) is 6.47. The second-order valence-electron chi connectivity index (χ2n) is 5.14. The van der Waals surface area contributed by atoms with Crippen LogP contribution >= 0.6 is 0 Å². The molecule has 0 saturated carbocycles. The van der Waals surface area contributed by atoms with Crippen molar-refractivity contribution in [2.45, 2.75) is 33.6 Å². The van der Waals surface area contributed by atoms with E-state index >= 15 is 0 Å². The Balaban J connectivity index is 0.000000211. The monoisotopic (exact) mass is 284 g/mol. The number of phenolic OH excluding ortho intramolecular Hbond substituents is 1. The number of aromatic hydroxyl groups is 1. The van der Waals surface area contributed by atoms with Crippen LogP contribution in [0.15, 0.2) is 42.5 Å². The van der Waals surface area contributed by atoms with Gasteiger partial charge < -0.3 is 16.2 Å². The molecule has 21 heavy (non-hydrogen) atoms. The fourth-order valence-electron chi connectivity index (χ4n) is 1.90. The zero-order valence-corrected chi connectivity index (χ0v) is 13.0. The molecular weight excluding hydrogens is 260 g/mol. The Hall–Kier alpha value is -2.29. The van der Waals surface area contributed by atoms with Crippen LogP contribution in [0.4, 0.5) is 5.69 Å². The molecule has 0 radical (unpaired) electrons. The van der Waals surface area contributed by atoms with E-state index in [1.807, 2.05) is 0 Å². The number of benzene rings is 2. The summed E-state index contributed by atoms with van der Waals surface area (Å²) in [5.41, 5.74) is 9.62. The van der Waals surface area contributed by atoms with Crippen LogP contribution < -0.4 is 5.73 Å². The summed E-state index contributed by atoms with van der Waals surface area (Å²) < 4.78 is 0. The SMILES string of the molecule is CC(=N)c1cc(N)ccc1O.CCCc1ccc(C)cc1. The number of hydrogen-bond acceptors (Lipinski definition) is 3. The minimum Gasteiger partial charge on any atom is -0.507 e. The highest BCUT2D eigenvalue weighted by atomic mass is 16.3. The van der Waals surface area contributed by atoms with Crippen LogP contribution in [-0.2, 0) is 6.42 Å². The number of nitrogen functional groups attached to an aromatic ring is 1. The Labute approximate surface area is 127 Å². The Morgan fingerprint density at radius 1 is 1.14 bits per heavy atom. The fraction of sp³-hybridized carbons (Fsp3) is 0.278. The van der Waals surface area contributed by atoms with E-state index < -0.39 is 0 Å². The molecule has 3 heteroatoms. The molecular formula is C18H24N2O. The smallest absolute Gasteiger partial charge is 0.124 e. The molecule has 0 atom stereocenters. The predicted molar refractivity (Wildman–Crippen MR) is 90.2 cm³/mol. The van der Waals surface area contributed by atoms with Gasteiger partial charge in [-0.15, -0.1) is 0 Å². The Bertz CT molecular complexity index is 589. The summed E-state index contributed by atoms with van der Waals surface area (Å²) in [5.74, 6) is 0.103. The van der Waals surface area contributed by atoms with Crippen molar-refractivity contribution in [2.75, 3.05) is 5.73 Å². The van der Waals surface area contributed by atoms with Crippen molar-refractivity contribution in [3.63, 3.8) is 0 Å². The lowest BCUT2D eigenvalue weighted by Gasteiger charge is -2.02. The molecule has 0 fully saturated rings. The van der Waals surface area contributed by atoms with Gasteiger partial charge in [-0.1, -0.05) is 43.2 Å². The van der Waals surface area contributed by atoms with E-state index in [4.69, 9.17) is 11.1 Å². The van der Waals surface area contributed by atoms with Gasteiger partial charge in [-0.25, -0.2) is 0 Å². The quantitative estimate of drug-likeness (QED) is 0.446. The molecule has 3 nitrogen and oxygen atoms in total. The fourth-order valence-corrected chi connectivity index (χ4v) is 1.90. The van der Waals surface area contributed by atoms with Gasteiger partial charge in [0.05, 0.1) is 0 Å². The molecule has 0 unspecified atom stereocenters. The predicted octanol–water partition coefficient (Wildman–Crippen LogP) is 4.31. The van der Waals surface area contributed by atoms with E-state index in [1.54, 1.807) is 19.1 Å². The minimum atomic E-state index is 0.103. The van der Waals surface area contributed by atoms with Gasteiger partial charge in [0.15, 0.2) is 0 Å². The Morgan fingerprint density at radius 2 is 1.76 bits per heavy atom. The molecule has 0 spiro atoms. The van der Waals surface area contributed by atoms with Crippen molar-refractivity contribution in [2.24, 2.45) is 0 Å². The third kappa shape index (κ3) is 5.69. The van der Waals surface area contributed by atoms with Crippen LogP contribution in [0.1, 0.15) is 37.0 Å². The largest absolute Gasteiger partial charge is 0.507 e. The molecule has 0 amide bonds. The molecule has 2 rings (SSSR count). The van der Waals surface area contributed by atoms with Crippen LogP contribution in [0.2, 0.25) is 0 Å². The zero-order chi connectivity index (χ0) is 15.8. The average molecular weight is 284 g/mol. The van der Waals surface area contributed by atoms with E-state index in [0.29, 0.717) is 17.0 Å². The number of rotatable bonds is 3. The summed E-state index contributed by atoms with van der Waals surface area (Å²) in [7, 11) is 0. The molecule has 0 aromatic heterocycles. The van der Waals surface area contributed by atoms with Crippen LogP contribution in [0, 0.1) is 12.3 Å². The van der Waals surface area contributed by atoms with Crippen molar-refractivity contribution >= 4 is 11.4 Å². The van der Waals surface area contributed by atoms with Crippen molar-refractivity contribution in [1.29, 1.82) is 5.41 Å². The topological polar surface area (TPSA) is 70.1 Å². The van der Waals surface area contributed by atoms with Crippen molar-refractivity contribution < 1.29 is 5.11 Å².